The van der Waals surface area contributed by atoms with Crippen molar-refractivity contribution in [1.82, 2.24) is 4.90 Å². The number of non-ortho nitro benzene ring substituents is 1. The van der Waals surface area contributed by atoms with Crippen molar-refractivity contribution in [3.63, 3.8) is 0 Å². The number of hydrogen-bond acceptors (Lipinski definition) is 6. The molecule has 3 aliphatic rings. The SMILES string of the molecule is Cc1ccc2c(c1)[C@]1(C(=O)N2)[C@H](C(=O)c2ccccc2)[C@@H](c2cccc([N+](=O)[O-])c2)[C@H]2CSCN21. The molecule has 2 fully saturated rings. The maximum absolute atomic E-state index is 14.3. The van der Waals surface area contributed by atoms with Gasteiger partial charge < -0.3 is 5.32 Å². The van der Waals surface area contributed by atoms with Crippen LogP contribution < -0.4 is 5.32 Å². The quantitative estimate of drug-likeness (QED) is 0.327. The third kappa shape index (κ3) is 3.10. The molecule has 0 saturated carbocycles. The van der Waals surface area contributed by atoms with Gasteiger partial charge in [0.1, 0.15) is 5.54 Å². The summed E-state index contributed by atoms with van der Waals surface area (Å²) < 4.78 is 0. The molecule has 0 bridgehead atoms. The summed E-state index contributed by atoms with van der Waals surface area (Å²) in [6.45, 7) is 1.98. The number of hydrogen-bond donors (Lipinski definition) is 1. The topological polar surface area (TPSA) is 92.5 Å². The molecule has 4 atom stereocenters. The first-order chi connectivity index (χ1) is 16.9. The van der Waals surface area contributed by atoms with Crippen LogP contribution in [0.25, 0.3) is 0 Å². The summed E-state index contributed by atoms with van der Waals surface area (Å²) in [5.74, 6) is -0.0908. The number of amides is 1. The fourth-order valence-corrected chi connectivity index (χ4v) is 7.52. The lowest BCUT2D eigenvalue weighted by Gasteiger charge is -2.36. The lowest BCUT2D eigenvalue weighted by molar-refractivity contribution is -0.384. The Bertz CT molecular complexity index is 1380. The summed E-state index contributed by atoms with van der Waals surface area (Å²) in [6, 6.07) is 21.4. The molecular formula is C27H23N3O4S. The van der Waals surface area contributed by atoms with Crippen LogP contribution in [-0.4, -0.2) is 39.2 Å². The minimum atomic E-state index is -1.18. The van der Waals surface area contributed by atoms with E-state index < -0.39 is 16.4 Å². The van der Waals surface area contributed by atoms with Gasteiger partial charge in [-0.05, 0) is 18.6 Å². The van der Waals surface area contributed by atoms with Crippen molar-refractivity contribution in [2.75, 3.05) is 16.9 Å². The summed E-state index contributed by atoms with van der Waals surface area (Å²) in [6.07, 6.45) is 0. The molecule has 3 aliphatic heterocycles. The minimum Gasteiger partial charge on any atom is -0.324 e. The molecule has 8 heteroatoms. The number of carbonyl (C=O) groups is 2. The number of ketones is 1. The molecular weight excluding hydrogens is 462 g/mol. The predicted octanol–water partition coefficient (Wildman–Crippen LogP) is 4.72. The maximum Gasteiger partial charge on any atom is 0.269 e. The highest BCUT2D eigenvalue weighted by atomic mass is 32.2. The van der Waals surface area contributed by atoms with Gasteiger partial charge in [-0.25, -0.2) is 0 Å². The normalized spacial score (nSPS) is 27.0. The third-order valence-corrected chi connectivity index (χ3v) is 8.62. The molecule has 3 heterocycles. The van der Waals surface area contributed by atoms with E-state index in [9.17, 15) is 19.7 Å². The van der Waals surface area contributed by atoms with Crippen LogP contribution in [-0.2, 0) is 10.3 Å². The van der Waals surface area contributed by atoms with E-state index >= 15 is 0 Å². The van der Waals surface area contributed by atoms with Gasteiger partial charge in [0.05, 0.1) is 10.8 Å². The first kappa shape index (κ1) is 22.0. The van der Waals surface area contributed by atoms with Gasteiger partial charge in [-0.2, -0.15) is 0 Å². The Morgan fingerprint density at radius 2 is 1.91 bits per heavy atom. The van der Waals surface area contributed by atoms with Crippen LogP contribution in [0.15, 0.2) is 72.8 Å². The van der Waals surface area contributed by atoms with Gasteiger partial charge >= 0.3 is 0 Å². The summed E-state index contributed by atoms with van der Waals surface area (Å²) in [7, 11) is 0. The van der Waals surface area contributed by atoms with Crippen LogP contribution >= 0.6 is 11.8 Å². The molecule has 0 unspecified atom stereocenters. The lowest BCUT2D eigenvalue weighted by Crippen LogP contribution is -2.52. The number of benzene rings is 3. The molecule has 2 saturated heterocycles. The van der Waals surface area contributed by atoms with Gasteiger partial charge in [0.25, 0.3) is 5.69 Å². The molecule has 0 aromatic heterocycles. The van der Waals surface area contributed by atoms with Crippen LogP contribution in [0.3, 0.4) is 0 Å². The summed E-state index contributed by atoms with van der Waals surface area (Å²) in [4.78, 5) is 41.7. The molecule has 1 N–H and O–H groups in total. The van der Waals surface area contributed by atoms with E-state index in [-0.39, 0.29) is 29.3 Å². The number of Topliss-reactive ketones (excluding diaryl/α,β-unsaturated/α-hetero) is 1. The zero-order valence-corrected chi connectivity index (χ0v) is 19.8. The molecule has 3 aromatic carbocycles. The number of nitro groups is 1. The van der Waals surface area contributed by atoms with Gasteiger partial charge in [-0.3, -0.25) is 24.6 Å². The lowest BCUT2D eigenvalue weighted by atomic mass is 9.69. The van der Waals surface area contributed by atoms with E-state index in [0.717, 1.165) is 28.1 Å². The molecule has 7 nitrogen and oxygen atoms in total. The number of nitro benzene ring substituents is 1. The van der Waals surface area contributed by atoms with Gasteiger partial charge in [-0.1, -0.05) is 60.2 Å². The number of nitrogens with one attached hydrogen (secondary N) is 1. The van der Waals surface area contributed by atoms with E-state index in [1.165, 1.54) is 6.07 Å². The second kappa shape index (κ2) is 8.03. The molecule has 35 heavy (non-hydrogen) atoms. The summed E-state index contributed by atoms with van der Waals surface area (Å²) in [5.41, 5.74) is 2.61. The van der Waals surface area contributed by atoms with E-state index in [0.29, 0.717) is 11.4 Å². The predicted molar refractivity (Wildman–Crippen MR) is 135 cm³/mol. The van der Waals surface area contributed by atoms with Crippen molar-refractivity contribution in [2.24, 2.45) is 5.92 Å². The smallest absolute Gasteiger partial charge is 0.269 e. The minimum absolute atomic E-state index is 0.0151. The Balaban J connectivity index is 1.63. The summed E-state index contributed by atoms with van der Waals surface area (Å²) >= 11 is 1.73. The van der Waals surface area contributed by atoms with Gasteiger partial charge in [-0.15, -0.1) is 11.8 Å². The second-order valence-corrected chi connectivity index (χ2v) is 10.4. The Morgan fingerprint density at radius 3 is 2.69 bits per heavy atom. The first-order valence-corrected chi connectivity index (χ1v) is 12.7. The number of rotatable bonds is 4. The molecule has 1 spiro atoms. The van der Waals surface area contributed by atoms with Gasteiger partial charge in [0.2, 0.25) is 5.91 Å². The van der Waals surface area contributed by atoms with Gasteiger partial charge in [0.15, 0.2) is 5.78 Å². The van der Waals surface area contributed by atoms with Crippen molar-refractivity contribution in [1.29, 1.82) is 0 Å². The zero-order valence-electron chi connectivity index (χ0n) is 19.0. The van der Waals surface area contributed by atoms with Crippen molar-refractivity contribution < 1.29 is 14.5 Å². The number of fused-ring (bicyclic) bond motifs is 4. The highest BCUT2D eigenvalue weighted by molar-refractivity contribution is 7.99. The molecule has 0 radical (unpaired) electrons. The Labute approximate surface area is 206 Å². The van der Waals surface area contributed by atoms with Crippen LogP contribution in [0.1, 0.15) is 33.0 Å². The van der Waals surface area contributed by atoms with Crippen LogP contribution in [0.2, 0.25) is 0 Å². The van der Waals surface area contributed by atoms with Crippen LogP contribution in [0.4, 0.5) is 11.4 Å². The average Bonchev–Trinajstić information content (AvgIpc) is 3.52. The zero-order chi connectivity index (χ0) is 24.3. The van der Waals surface area contributed by atoms with Crippen molar-refractivity contribution in [3.8, 4) is 0 Å². The third-order valence-electron chi connectivity index (χ3n) is 7.58. The Morgan fingerprint density at radius 1 is 1.11 bits per heavy atom. The monoisotopic (exact) mass is 485 g/mol. The van der Waals surface area contributed by atoms with Crippen molar-refractivity contribution >= 4 is 34.8 Å². The van der Waals surface area contributed by atoms with E-state index in [1.54, 1.807) is 36.0 Å². The molecule has 1 amide bonds. The second-order valence-electron chi connectivity index (χ2n) is 9.39. The Kier molecular flexibility index (Phi) is 5.05. The molecule has 0 aliphatic carbocycles. The number of thioether (sulfide) groups is 1. The number of carbonyl (C=O) groups excluding carboxylic acids is 2. The van der Waals surface area contributed by atoms with Crippen molar-refractivity contribution in [2.45, 2.75) is 24.4 Å². The molecule has 6 rings (SSSR count). The number of aryl methyl sites for hydroxylation is 1. The largest absolute Gasteiger partial charge is 0.324 e. The van der Waals surface area contributed by atoms with E-state index in [4.69, 9.17) is 0 Å². The maximum atomic E-state index is 14.3. The molecule has 3 aromatic rings. The Hall–Kier alpha value is -3.49. The number of nitrogens with zero attached hydrogens (tertiary/aromatic N) is 2. The number of anilines is 1. The van der Waals surface area contributed by atoms with Crippen LogP contribution in [0, 0.1) is 23.0 Å². The summed E-state index contributed by atoms with van der Waals surface area (Å²) in [5, 5.41) is 14.7. The van der Waals surface area contributed by atoms with Crippen molar-refractivity contribution in [3.05, 3.63) is 105 Å². The highest BCUT2D eigenvalue weighted by Gasteiger charge is 2.69. The van der Waals surface area contributed by atoms with Gasteiger partial charge in [0, 0.05) is 52.5 Å². The fraction of sp³-hybridized carbons (Fsp3) is 0.259. The standard InChI is InChI=1S/C27H23N3O4S/c1-16-10-11-21-20(12-16)27(26(32)28-21)24(25(31)17-6-3-2-4-7-17)23(22-14-35-15-29(22)27)18-8-5-9-19(13-18)30(33)34/h2-13,22-24H,14-15H2,1H3,(H,28,32)/t22-,23+,24+,27-/m1/s1. The average molecular weight is 486 g/mol. The molecule has 176 valence electrons. The van der Waals surface area contributed by atoms with E-state index in [2.05, 4.69) is 10.2 Å². The fourth-order valence-electron chi connectivity index (χ4n) is 6.19. The highest BCUT2D eigenvalue weighted by Crippen LogP contribution is 2.61. The van der Waals surface area contributed by atoms with Crippen LogP contribution in [0.5, 0.6) is 0 Å². The first-order valence-electron chi connectivity index (χ1n) is 11.5. The van der Waals surface area contributed by atoms with E-state index in [1.807, 2.05) is 49.4 Å².